The van der Waals surface area contributed by atoms with Crippen molar-refractivity contribution < 1.29 is 9.90 Å². The highest BCUT2D eigenvalue weighted by molar-refractivity contribution is 9.10. The lowest BCUT2D eigenvalue weighted by atomic mass is 9.94. The lowest BCUT2D eigenvalue weighted by Crippen LogP contribution is -2.25. The molecule has 0 aliphatic rings. The van der Waals surface area contributed by atoms with Crippen LogP contribution in [0.2, 0.25) is 0 Å². The van der Waals surface area contributed by atoms with E-state index in [-0.39, 0.29) is 6.54 Å². The minimum absolute atomic E-state index is 0.0257. The summed E-state index contributed by atoms with van der Waals surface area (Å²) >= 11 is 3.46. The number of rotatable bonds is 6. The van der Waals surface area contributed by atoms with Crippen molar-refractivity contribution in [2.75, 3.05) is 20.1 Å². The van der Waals surface area contributed by atoms with E-state index >= 15 is 0 Å². The van der Waals surface area contributed by atoms with Crippen LogP contribution in [0.15, 0.2) is 59.1 Å². The fourth-order valence-electron chi connectivity index (χ4n) is 2.43. The summed E-state index contributed by atoms with van der Waals surface area (Å²) in [6.07, 6.45) is 2.09. The van der Waals surface area contributed by atoms with Gasteiger partial charge in [0.25, 0.3) is 0 Å². The SMILES string of the molecule is Cc1ccccc1C(=CCN(C)CC(=O)O)c1ccc(Br)cc1. The maximum atomic E-state index is 10.8. The zero-order chi connectivity index (χ0) is 16.8. The average Bonchev–Trinajstić information content (AvgIpc) is 2.50. The van der Waals surface area contributed by atoms with Gasteiger partial charge < -0.3 is 5.11 Å². The molecule has 2 rings (SSSR count). The Balaban J connectivity index is 2.37. The molecular weight excluding hydrogens is 354 g/mol. The largest absolute Gasteiger partial charge is 0.480 e. The Hall–Kier alpha value is -1.91. The molecule has 2 aromatic carbocycles. The van der Waals surface area contributed by atoms with E-state index in [0.29, 0.717) is 6.54 Å². The van der Waals surface area contributed by atoms with Gasteiger partial charge >= 0.3 is 5.97 Å². The van der Waals surface area contributed by atoms with Gasteiger partial charge in [-0.05, 0) is 48.4 Å². The molecule has 0 bridgehead atoms. The summed E-state index contributed by atoms with van der Waals surface area (Å²) in [5, 5.41) is 8.89. The summed E-state index contributed by atoms with van der Waals surface area (Å²) in [5.74, 6) is -0.818. The van der Waals surface area contributed by atoms with E-state index in [4.69, 9.17) is 5.11 Å². The Morgan fingerprint density at radius 1 is 1.17 bits per heavy atom. The third-order valence-corrected chi connectivity index (χ3v) is 4.13. The van der Waals surface area contributed by atoms with Crippen LogP contribution in [0.25, 0.3) is 5.57 Å². The van der Waals surface area contributed by atoms with Crippen molar-refractivity contribution >= 4 is 27.5 Å². The van der Waals surface area contributed by atoms with Crippen LogP contribution in [0.1, 0.15) is 16.7 Å². The van der Waals surface area contributed by atoms with Gasteiger partial charge in [-0.3, -0.25) is 9.69 Å². The van der Waals surface area contributed by atoms with Crippen molar-refractivity contribution in [3.8, 4) is 0 Å². The number of aliphatic carboxylic acids is 1. The molecule has 3 nitrogen and oxygen atoms in total. The van der Waals surface area contributed by atoms with Gasteiger partial charge in [0.2, 0.25) is 0 Å². The van der Waals surface area contributed by atoms with E-state index in [1.807, 2.05) is 31.3 Å². The number of carboxylic acid groups (broad SMARTS) is 1. The summed E-state index contributed by atoms with van der Waals surface area (Å²) in [5.41, 5.74) is 4.60. The Morgan fingerprint density at radius 2 is 1.83 bits per heavy atom. The molecule has 0 saturated carbocycles. The van der Waals surface area contributed by atoms with E-state index in [1.165, 1.54) is 11.1 Å². The number of aryl methyl sites for hydroxylation is 1. The third kappa shape index (κ3) is 5.05. The van der Waals surface area contributed by atoms with Crippen LogP contribution in [-0.2, 0) is 4.79 Å². The molecule has 0 saturated heterocycles. The lowest BCUT2D eigenvalue weighted by molar-refractivity contribution is -0.137. The van der Waals surface area contributed by atoms with E-state index in [1.54, 1.807) is 4.90 Å². The van der Waals surface area contributed by atoms with E-state index < -0.39 is 5.97 Å². The standard InChI is InChI=1S/C19H20BrNO2/c1-14-5-3-4-6-17(14)18(11-12-21(2)13-19(22)23)15-7-9-16(20)10-8-15/h3-11H,12-13H2,1-2H3,(H,22,23). The van der Waals surface area contributed by atoms with Crippen molar-refractivity contribution in [3.63, 3.8) is 0 Å². The van der Waals surface area contributed by atoms with Crippen molar-refractivity contribution in [2.45, 2.75) is 6.92 Å². The Kier molecular flexibility index (Phi) is 6.13. The van der Waals surface area contributed by atoms with E-state index in [9.17, 15) is 4.79 Å². The maximum absolute atomic E-state index is 10.8. The predicted molar refractivity (Wildman–Crippen MR) is 97.5 cm³/mol. The second-order valence-corrected chi connectivity index (χ2v) is 6.45. The molecule has 1 N–H and O–H groups in total. The van der Waals surface area contributed by atoms with Gasteiger partial charge in [-0.1, -0.05) is 58.4 Å². The lowest BCUT2D eigenvalue weighted by Gasteiger charge is -2.15. The van der Waals surface area contributed by atoms with Gasteiger partial charge in [-0.2, -0.15) is 0 Å². The molecule has 2 aromatic rings. The number of hydrogen-bond acceptors (Lipinski definition) is 2. The molecule has 0 fully saturated rings. The summed E-state index contributed by atoms with van der Waals surface area (Å²) in [4.78, 5) is 12.6. The highest BCUT2D eigenvalue weighted by Gasteiger charge is 2.09. The Labute approximate surface area is 145 Å². The zero-order valence-electron chi connectivity index (χ0n) is 13.3. The molecule has 0 amide bonds. The first kappa shape index (κ1) is 17.4. The molecule has 0 atom stereocenters. The third-order valence-electron chi connectivity index (χ3n) is 3.60. The molecule has 0 aromatic heterocycles. The molecular formula is C19H20BrNO2. The van der Waals surface area contributed by atoms with Crippen molar-refractivity contribution in [3.05, 3.63) is 75.8 Å². The van der Waals surface area contributed by atoms with Crippen LogP contribution in [-0.4, -0.2) is 36.1 Å². The highest BCUT2D eigenvalue weighted by atomic mass is 79.9. The molecule has 0 spiro atoms. The number of halogens is 1. The van der Waals surface area contributed by atoms with E-state index in [0.717, 1.165) is 15.6 Å². The number of carboxylic acids is 1. The van der Waals surface area contributed by atoms with Gasteiger partial charge in [-0.15, -0.1) is 0 Å². The number of hydrogen-bond donors (Lipinski definition) is 1. The molecule has 0 heterocycles. The maximum Gasteiger partial charge on any atom is 0.317 e. The first-order chi connectivity index (χ1) is 11.0. The fraction of sp³-hybridized carbons (Fsp3) is 0.211. The molecule has 0 radical (unpaired) electrons. The monoisotopic (exact) mass is 373 g/mol. The van der Waals surface area contributed by atoms with Gasteiger partial charge in [0, 0.05) is 11.0 Å². The summed E-state index contributed by atoms with van der Waals surface area (Å²) in [6.45, 7) is 2.69. The fourth-order valence-corrected chi connectivity index (χ4v) is 2.69. The van der Waals surface area contributed by atoms with Crippen molar-refractivity contribution in [1.82, 2.24) is 4.90 Å². The highest BCUT2D eigenvalue weighted by Crippen LogP contribution is 2.27. The first-order valence-electron chi connectivity index (χ1n) is 7.40. The van der Waals surface area contributed by atoms with Crippen molar-refractivity contribution in [1.29, 1.82) is 0 Å². The Morgan fingerprint density at radius 3 is 2.43 bits per heavy atom. The van der Waals surface area contributed by atoms with Gasteiger partial charge in [0.05, 0.1) is 6.54 Å². The summed E-state index contributed by atoms with van der Waals surface area (Å²) in [6, 6.07) is 16.4. The van der Waals surface area contributed by atoms with Gasteiger partial charge in [0.15, 0.2) is 0 Å². The van der Waals surface area contributed by atoms with Crippen molar-refractivity contribution in [2.24, 2.45) is 0 Å². The van der Waals surface area contributed by atoms with Crippen LogP contribution in [0.3, 0.4) is 0 Å². The topological polar surface area (TPSA) is 40.5 Å². The second kappa shape index (κ2) is 8.09. The molecule has 0 aliphatic carbocycles. The molecule has 4 heteroatoms. The van der Waals surface area contributed by atoms with Crippen LogP contribution in [0.4, 0.5) is 0 Å². The number of nitrogens with zero attached hydrogens (tertiary/aromatic N) is 1. The normalized spacial score (nSPS) is 11.7. The minimum Gasteiger partial charge on any atom is -0.480 e. The van der Waals surface area contributed by atoms with Crippen LogP contribution < -0.4 is 0 Å². The summed E-state index contributed by atoms with van der Waals surface area (Å²) < 4.78 is 1.04. The number of benzene rings is 2. The minimum atomic E-state index is -0.818. The first-order valence-corrected chi connectivity index (χ1v) is 8.19. The predicted octanol–water partition coefficient (Wildman–Crippen LogP) is 4.21. The van der Waals surface area contributed by atoms with Crippen LogP contribution >= 0.6 is 15.9 Å². The summed E-state index contributed by atoms with van der Waals surface area (Å²) in [7, 11) is 1.81. The average molecular weight is 374 g/mol. The zero-order valence-corrected chi connectivity index (χ0v) is 14.9. The van der Waals surface area contributed by atoms with E-state index in [2.05, 4.69) is 53.2 Å². The molecule has 0 aliphatic heterocycles. The molecule has 120 valence electrons. The van der Waals surface area contributed by atoms with Gasteiger partial charge in [-0.25, -0.2) is 0 Å². The Bertz CT molecular complexity index is 708. The second-order valence-electron chi connectivity index (χ2n) is 5.53. The number of likely N-dealkylation sites (N-methyl/N-ethyl adjacent to an activating group) is 1. The van der Waals surface area contributed by atoms with Gasteiger partial charge in [0.1, 0.15) is 0 Å². The quantitative estimate of drug-likeness (QED) is 0.824. The smallest absolute Gasteiger partial charge is 0.317 e. The van der Waals surface area contributed by atoms with Crippen LogP contribution in [0.5, 0.6) is 0 Å². The van der Waals surface area contributed by atoms with Crippen LogP contribution in [0, 0.1) is 6.92 Å². The molecule has 0 unspecified atom stereocenters. The number of carbonyl (C=O) groups is 1. The molecule has 23 heavy (non-hydrogen) atoms.